The fourth-order valence-electron chi connectivity index (χ4n) is 2.47. The first-order valence-corrected chi connectivity index (χ1v) is 11.5. The Morgan fingerprint density at radius 1 is 1.15 bits per heavy atom. The van der Waals surface area contributed by atoms with Crippen molar-refractivity contribution in [2.75, 3.05) is 17.8 Å². The molecular formula is C19H19N3O2S3. The van der Waals surface area contributed by atoms with E-state index in [4.69, 9.17) is 0 Å². The van der Waals surface area contributed by atoms with E-state index < -0.39 is 5.25 Å². The molecule has 2 aromatic carbocycles. The summed E-state index contributed by atoms with van der Waals surface area (Å²) < 4.78 is 0. The SMILES string of the molecule is CSc1cccc(N=C2NC(=O)[C@@H](CC(=O)Nc3cccc(SC)c3)S2)c1. The van der Waals surface area contributed by atoms with Crippen LogP contribution in [0.25, 0.3) is 0 Å². The van der Waals surface area contributed by atoms with Gasteiger partial charge in [0, 0.05) is 21.9 Å². The van der Waals surface area contributed by atoms with Crippen molar-refractivity contribution in [2.24, 2.45) is 4.99 Å². The molecule has 0 unspecified atom stereocenters. The Bertz CT molecular complexity index is 886. The molecule has 27 heavy (non-hydrogen) atoms. The van der Waals surface area contributed by atoms with E-state index in [2.05, 4.69) is 15.6 Å². The topological polar surface area (TPSA) is 70.6 Å². The number of amidine groups is 1. The highest BCUT2D eigenvalue weighted by Gasteiger charge is 2.32. The molecule has 0 bridgehead atoms. The molecule has 2 aromatic rings. The molecule has 140 valence electrons. The van der Waals surface area contributed by atoms with Crippen LogP contribution in [0, 0.1) is 0 Å². The number of carbonyl (C=O) groups excluding carboxylic acids is 2. The van der Waals surface area contributed by atoms with Crippen LogP contribution >= 0.6 is 35.3 Å². The normalized spacial score (nSPS) is 17.8. The van der Waals surface area contributed by atoms with Gasteiger partial charge >= 0.3 is 0 Å². The molecular weight excluding hydrogens is 398 g/mol. The lowest BCUT2D eigenvalue weighted by Crippen LogP contribution is -2.28. The lowest BCUT2D eigenvalue weighted by molar-refractivity contribution is -0.122. The molecule has 1 atom stereocenters. The van der Waals surface area contributed by atoms with Gasteiger partial charge in [0.1, 0.15) is 5.25 Å². The van der Waals surface area contributed by atoms with Crippen LogP contribution in [0.3, 0.4) is 0 Å². The fourth-order valence-corrected chi connectivity index (χ4v) is 4.37. The summed E-state index contributed by atoms with van der Waals surface area (Å²) in [6.07, 6.45) is 4.09. The fraction of sp³-hybridized carbons (Fsp3) is 0.211. The van der Waals surface area contributed by atoms with Gasteiger partial charge in [-0.05, 0) is 48.9 Å². The Balaban J connectivity index is 1.61. The van der Waals surface area contributed by atoms with Gasteiger partial charge in [0.15, 0.2) is 5.17 Å². The molecule has 1 aliphatic heterocycles. The van der Waals surface area contributed by atoms with E-state index in [9.17, 15) is 9.59 Å². The summed E-state index contributed by atoms with van der Waals surface area (Å²) >= 11 is 4.54. The second-order valence-corrected chi connectivity index (χ2v) is 8.65. The second kappa shape index (κ2) is 9.34. The molecule has 1 heterocycles. The summed E-state index contributed by atoms with van der Waals surface area (Å²) in [6.45, 7) is 0. The summed E-state index contributed by atoms with van der Waals surface area (Å²) in [5.41, 5.74) is 1.52. The molecule has 2 amide bonds. The maximum atomic E-state index is 12.3. The van der Waals surface area contributed by atoms with E-state index in [1.54, 1.807) is 23.5 Å². The Morgan fingerprint density at radius 2 is 1.85 bits per heavy atom. The Kier molecular flexibility index (Phi) is 6.87. The van der Waals surface area contributed by atoms with Gasteiger partial charge in [0.25, 0.3) is 0 Å². The third kappa shape index (κ3) is 5.54. The summed E-state index contributed by atoms with van der Waals surface area (Å²) in [5.74, 6) is -0.376. The third-order valence-electron chi connectivity index (χ3n) is 3.78. The van der Waals surface area contributed by atoms with Crippen LogP contribution in [0.1, 0.15) is 6.42 Å². The molecule has 1 fully saturated rings. The van der Waals surface area contributed by atoms with Crippen molar-refractivity contribution in [3.8, 4) is 0 Å². The van der Waals surface area contributed by atoms with Crippen molar-refractivity contribution in [3.63, 3.8) is 0 Å². The van der Waals surface area contributed by atoms with Gasteiger partial charge in [-0.1, -0.05) is 23.9 Å². The van der Waals surface area contributed by atoms with Gasteiger partial charge in [-0.25, -0.2) is 4.99 Å². The largest absolute Gasteiger partial charge is 0.326 e. The lowest BCUT2D eigenvalue weighted by Gasteiger charge is -2.08. The molecule has 0 aromatic heterocycles. The molecule has 0 radical (unpaired) electrons. The molecule has 5 nitrogen and oxygen atoms in total. The van der Waals surface area contributed by atoms with Crippen LogP contribution in [-0.4, -0.2) is 34.7 Å². The number of nitrogens with one attached hydrogen (secondary N) is 2. The number of amides is 2. The van der Waals surface area contributed by atoms with Crippen molar-refractivity contribution in [2.45, 2.75) is 21.5 Å². The smallest absolute Gasteiger partial charge is 0.240 e. The number of carbonyl (C=O) groups is 2. The van der Waals surface area contributed by atoms with Crippen LogP contribution in [0.2, 0.25) is 0 Å². The number of hydrogen-bond donors (Lipinski definition) is 2. The number of hydrogen-bond acceptors (Lipinski definition) is 6. The quantitative estimate of drug-likeness (QED) is 0.683. The van der Waals surface area contributed by atoms with E-state index in [1.165, 1.54) is 11.8 Å². The van der Waals surface area contributed by atoms with E-state index in [0.717, 1.165) is 21.2 Å². The average Bonchev–Trinajstić information content (AvgIpc) is 3.00. The van der Waals surface area contributed by atoms with E-state index in [-0.39, 0.29) is 18.2 Å². The minimum Gasteiger partial charge on any atom is -0.326 e. The maximum absolute atomic E-state index is 12.3. The molecule has 3 rings (SSSR count). The van der Waals surface area contributed by atoms with Crippen molar-refractivity contribution in [1.82, 2.24) is 5.32 Å². The maximum Gasteiger partial charge on any atom is 0.240 e. The van der Waals surface area contributed by atoms with Crippen LogP contribution < -0.4 is 10.6 Å². The van der Waals surface area contributed by atoms with Crippen molar-refractivity contribution >= 4 is 63.6 Å². The standard InChI is InChI=1S/C19H19N3O2S3/c1-25-14-7-3-5-12(9-14)20-17(23)11-16-18(24)22-19(27-16)21-13-6-4-8-15(10-13)26-2/h3-10,16H,11H2,1-2H3,(H,20,23)(H,21,22,24)/t16-/m1/s1. The number of benzene rings is 2. The minimum atomic E-state index is -0.476. The summed E-state index contributed by atoms with van der Waals surface area (Å²) in [6, 6.07) is 15.4. The summed E-state index contributed by atoms with van der Waals surface area (Å²) in [4.78, 5) is 31.2. The van der Waals surface area contributed by atoms with Gasteiger partial charge in [0.05, 0.1) is 5.69 Å². The Labute approximate surface area is 171 Å². The van der Waals surface area contributed by atoms with Crippen LogP contribution in [0.4, 0.5) is 11.4 Å². The summed E-state index contributed by atoms with van der Waals surface area (Å²) in [7, 11) is 0. The predicted octanol–water partition coefficient (Wildman–Crippen LogP) is 4.38. The zero-order valence-electron chi connectivity index (χ0n) is 14.9. The van der Waals surface area contributed by atoms with Gasteiger partial charge in [-0.2, -0.15) is 0 Å². The van der Waals surface area contributed by atoms with Crippen LogP contribution in [0.5, 0.6) is 0 Å². The average molecular weight is 418 g/mol. The van der Waals surface area contributed by atoms with Crippen molar-refractivity contribution < 1.29 is 9.59 Å². The van der Waals surface area contributed by atoms with Gasteiger partial charge in [-0.3, -0.25) is 9.59 Å². The third-order valence-corrected chi connectivity index (χ3v) is 6.32. The first kappa shape index (κ1) is 19.9. The highest BCUT2D eigenvalue weighted by molar-refractivity contribution is 8.15. The Morgan fingerprint density at radius 3 is 2.59 bits per heavy atom. The Hall–Kier alpha value is -1.90. The zero-order chi connectivity index (χ0) is 19.2. The second-order valence-electron chi connectivity index (χ2n) is 5.70. The number of rotatable bonds is 6. The first-order chi connectivity index (χ1) is 13.1. The highest BCUT2D eigenvalue weighted by atomic mass is 32.2. The van der Waals surface area contributed by atoms with E-state index in [0.29, 0.717) is 5.17 Å². The first-order valence-electron chi connectivity index (χ1n) is 8.21. The van der Waals surface area contributed by atoms with Gasteiger partial charge in [0.2, 0.25) is 11.8 Å². The monoisotopic (exact) mass is 417 g/mol. The van der Waals surface area contributed by atoms with E-state index >= 15 is 0 Å². The number of nitrogens with zero attached hydrogens (tertiary/aromatic N) is 1. The van der Waals surface area contributed by atoms with Crippen molar-refractivity contribution in [3.05, 3.63) is 48.5 Å². The lowest BCUT2D eigenvalue weighted by atomic mass is 10.2. The molecule has 2 N–H and O–H groups in total. The molecule has 1 aliphatic rings. The van der Waals surface area contributed by atoms with Gasteiger partial charge < -0.3 is 10.6 Å². The zero-order valence-corrected chi connectivity index (χ0v) is 17.3. The highest BCUT2D eigenvalue weighted by Crippen LogP contribution is 2.27. The molecule has 0 spiro atoms. The van der Waals surface area contributed by atoms with Gasteiger partial charge in [-0.15, -0.1) is 23.5 Å². The van der Waals surface area contributed by atoms with Crippen LogP contribution in [-0.2, 0) is 9.59 Å². The number of aliphatic imine (C=N–C) groups is 1. The predicted molar refractivity (Wildman–Crippen MR) is 116 cm³/mol. The number of anilines is 1. The molecule has 0 saturated carbocycles. The van der Waals surface area contributed by atoms with Crippen molar-refractivity contribution in [1.29, 1.82) is 0 Å². The summed E-state index contributed by atoms with van der Waals surface area (Å²) in [5, 5.41) is 5.67. The molecule has 0 aliphatic carbocycles. The number of thioether (sulfide) groups is 3. The molecule has 1 saturated heterocycles. The minimum absolute atomic E-state index is 0.101. The van der Waals surface area contributed by atoms with Crippen LogP contribution in [0.15, 0.2) is 63.3 Å². The van der Waals surface area contributed by atoms with E-state index in [1.807, 2.05) is 61.0 Å². The molecule has 8 heteroatoms.